The van der Waals surface area contributed by atoms with E-state index < -0.39 is 0 Å². The Bertz CT molecular complexity index is 899. The number of carbonyl (C=O) groups is 1. The maximum atomic E-state index is 12.8. The van der Waals surface area contributed by atoms with Gasteiger partial charge in [0.25, 0.3) is 5.91 Å². The van der Waals surface area contributed by atoms with Gasteiger partial charge in [-0.05, 0) is 38.0 Å². The minimum absolute atomic E-state index is 0.0126. The van der Waals surface area contributed by atoms with E-state index in [-0.39, 0.29) is 5.91 Å². The number of hydrogen-bond donors (Lipinski definition) is 1. The van der Waals surface area contributed by atoms with E-state index in [9.17, 15) is 4.79 Å². The highest BCUT2D eigenvalue weighted by molar-refractivity contribution is 5.93. The fraction of sp³-hybridized carbons (Fsp3) is 0.316. The van der Waals surface area contributed by atoms with Crippen LogP contribution in [0.2, 0.25) is 0 Å². The smallest absolute Gasteiger partial charge is 0.271 e. The van der Waals surface area contributed by atoms with Crippen molar-refractivity contribution < 1.29 is 4.79 Å². The number of rotatable bonds is 3. The number of aryl methyl sites for hydroxylation is 1. The Balaban J connectivity index is 1.42. The summed E-state index contributed by atoms with van der Waals surface area (Å²) >= 11 is 0. The summed E-state index contributed by atoms with van der Waals surface area (Å²) < 4.78 is 0. The number of nitrogens with zero attached hydrogens (tertiary/aromatic N) is 5. The molecule has 7 heteroatoms. The van der Waals surface area contributed by atoms with E-state index in [1.54, 1.807) is 24.7 Å². The van der Waals surface area contributed by atoms with E-state index in [0.717, 1.165) is 35.5 Å². The van der Waals surface area contributed by atoms with Gasteiger partial charge in [-0.2, -0.15) is 5.10 Å². The Morgan fingerprint density at radius 2 is 2.04 bits per heavy atom. The van der Waals surface area contributed by atoms with Crippen molar-refractivity contribution in [3.05, 3.63) is 60.1 Å². The quantitative estimate of drug-likeness (QED) is 0.786. The van der Waals surface area contributed by atoms with E-state index in [0.29, 0.717) is 24.7 Å². The van der Waals surface area contributed by atoms with Crippen molar-refractivity contribution in [2.75, 3.05) is 13.1 Å². The third-order valence-corrected chi connectivity index (χ3v) is 4.74. The minimum atomic E-state index is -0.0126. The van der Waals surface area contributed by atoms with Crippen molar-refractivity contribution in [1.29, 1.82) is 0 Å². The zero-order valence-electron chi connectivity index (χ0n) is 14.6. The Morgan fingerprint density at radius 3 is 2.77 bits per heavy atom. The van der Waals surface area contributed by atoms with Gasteiger partial charge in [0.05, 0.1) is 17.1 Å². The number of likely N-dealkylation sites (tertiary alicyclic amines) is 1. The summed E-state index contributed by atoms with van der Waals surface area (Å²) in [5.41, 5.74) is 4.09. The number of amides is 1. The SMILES string of the molecule is Cc1cncc(C2CCN(C(=O)c3cc(-c4cccnc4)n[nH]3)CC2)n1. The second kappa shape index (κ2) is 7.03. The summed E-state index contributed by atoms with van der Waals surface area (Å²) in [5.74, 6) is 0.348. The van der Waals surface area contributed by atoms with E-state index >= 15 is 0 Å². The molecule has 1 fully saturated rings. The van der Waals surface area contributed by atoms with E-state index in [1.165, 1.54) is 0 Å². The maximum Gasteiger partial charge on any atom is 0.271 e. The third-order valence-electron chi connectivity index (χ3n) is 4.74. The van der Waals surface area contributed by atoms with Crippen LogP contribution in [0.25, 0.3) is 11.3 Å². The summed E-state index contributed by atoms with van der Waals surface area (Å²) in [7, 11) is 0. The molecule has 132 valence electrons. The number of pyridine rings is 1. The molecule has 26 heavy (non-hydrogen) atoms. The zero-order valence-corrected chi connectivity index (χ0v) is 14.6. The predicted octanol–water partition coefficient (Wildman–Crippen LogP) is 2.59. The van der Waals surface area contributed by atoms with Crippen molar-refractivity contribution >= 4 is 5.91 Å². The van der Waals surface area contributed by atoms with Crippen molar-refractivity contribution in [3.8, 4) is 11.3 Å². The minimum Gasteiger partial charge on any atom is -0.337 e. The Kier molecular flexibility index (Phi) is 4.43. The Morgan fingerprint density at radius 1 is 1.19 bits per heavy atom. The molecule has 4 heterocycles. The molecule has 0 saturated carbocycles. The summed E-state index contributed by atoms with van der Waals surface area (Å²) in [6.45, 7) is 3.37. The Hall–Kier alpha value is -3.09. The van der Waals surface area contributed by atoms with Gasteiger partial charge < -0.3 is 4.90 Å². The fourth-order valence-corrected chi connectivity index (χ4v) is 3.32. The first-order valence-corrected chi connectivity index (χ1v) is 8.74. The van der Waals surface area contributed by atoms with Gasteiger partial charge in [-0.3, -0.25) is 24.8 Å². The molecule has 0 aromatic carbocycles. The lowest BCUT2D eigenvalue weighted by Gasteiger charge is -2.31. The molecule has 4 rings (SSSR count). The molecule has 0 bridgehead atoms. The van der Waals surface area contributed by atoms with Crippen molar-refractivity contribution in [2.24, 2.45) is 0 Å². The number of hydrogen-bond acceptors (Lipinski definition) is 5. The molecule has 3 aromatic heterocycles. The van der Waals surface area contributed by atoms with Gasteiger partial charge in [-0.1, -0.05) is 0 Å². The first-order valence-electron chi connectivity index (χ1n) is 8.74. The van der Waals surface area contributed by atoms with Gasteiger partial charge in [0.15, 0.2) is 0 Å². The monoisotopic (exact) mass is 348 g/mol. The molecule has 7 nitrogen and oxygen atoms in total. The summed E-state index contributed by atoms with van der Waals surface area (Å²) in [6.07, 6.45) is 8.84. The first kappa shape index (κ1) is 16.4. The number of carbonyl (C=O) groups excluding carboxylic acids is 1. The lowest BCUT2D eigenvalue weighted by atomic mass is 9.93. The normalized spacial score (nSPS) is 15.2. The highest BCUT2D eigenvalue weighted by Crippen LogP contribution is 2.27. The van der Waals surface area contributed by atoms with Gasteiger partial charge in [0, 0.05) is 49.4 Å². The van der Waals surface area contributed by atoms with Crippen LogP contribution < -0.4 is 0 Å². The molecule has 1 saturated heterocycles. The molecule has 1 aliphatic heterocycles. The van der Waals surface area contributed by atoms with Gasteiger partial charge in [-0.15, -0.1) is 0 Å². The average Bonchev–Trinajstić information content (AvgIpc) is 3.18. The Labute approximate surface area is 151 Å². The van der Waals surface area contributed by atoms with Crippen molar-refractivity contribution in [1.82, 2.24) is 30.0 Å². The molecule has 1 amide bonds. The number of aromatic amines is 1. The highest BCUT2D eigenvalue weighted by atomic mass is 16.2. The van der Waals surface area contributed by atoms with Crippen molar-refractivity contribution in [2.45, 2.75) is 25.7 Å². The van der Waals surface area contributed by atoms with Crippen LogP contribution in [-0.2, 0) is 0 Å². The van der Waals surface area contributed by atoms with Crippen LogP contribution in [0.3, 0.4) is 0 Å². The number of H-pyrrole nitrogens is 1. The molecular weight excluding hydrogens is 328 g/mol. The van der Waals surface area contributed by atoms with Gasteiger partial charge in [0.1, 0.15) is 5.69 Å². The molecule has 1 N–H and O–H groups in total. The van der Waals surface area contributed by atoms with Gasteiger partial charge in [-0.25, -0.2) is 0 Å². The standard InChI is InChI=1S/C19H20N6O/c1-13-10-21-12-18(22-13)14-4-7-25(8-5-14)19(26)17-9-16(23-24-17)15-3-2-6-20-11-15/h2-3,6,9-12,14H,4-5,7-8H2,1H3,(H,23,24). The topological polar surface area (TPSA) is 87.7 Å². The van der Waals surface area contributed by atoms with E-state index in [4.69, 9.17) is 0 Å². The molecule has 0 atom stereocenters. The first-order chi connectivity index (χ1) is 12.7. The van der Waals surface area contributed by atoms with Crippen LogP contribution in [-0.4, -0.2) is 49.0 Å². The van der Waals surface area contributed by atoms with E-state index in [1.807, 2.05) is 30.2 Å². The summed E-state index contributed by atoms with van der Waals surface area (Å²) in [4.78, 5) is 27.5. The van der Waals surface area contributed by atoms with Crippen LogP contribution in [0.1, 0.15) is 40.6 Å². The van der Waals surface area contributed by atoms with Crippen LogP contribution in [0.4, 0.5) is 0 Å². The molecule has 0 radical (unpaired) electrons. The van der Waals surface area contributed by atoms with Crippen LogP contribution in [0.15, 0.2) is 43.0 Å². The fourth-order valence-electron chi connectivity index (χ4n) is 3.32. The van der Waals surface area contributed by atoms with Gasteiger partial charge in [0.2, 0.25) is 0 Å². The lowest BCUT2D eigenvalue weighted by molar-refractivity contribution is 0.0706. The van der Waals surface area contributed by atoms with Crippen LogP contribution in [0.5, 0.6) is 0 Å². The molecule has 0 unspecified atom stereocenters. The second-order valence-electron chi connectivity index (χ2n) is 6.56. The van der Waals surface area contributed by atoms with Gasteiger partial charge >= 0.3 is 0 Å². The second-order valence-corrected chi connectivity index (χ2v) is 6.56. The number of piperidine rings is 1. The summed E-state index contributed by atoms with van der Waals surface area (Å²) in [6, 6.07) is 5.56. The molecule has 1 aliphatic rings. The molecule has 0 spiro atoms. The van der Waals surface area contributed by atoms with Crippen LogP contribution in [0, 0.1) is 6.92 Å². The number of nitrogens with one attached hydrogen (secondary N) is 1. The lowest BCUT2D eigenvalue weighted by Crippen LogP contribution is -2.38. The van der Waals surface area contributed by atoms with Crippen molar-refractivity contribution in [3.63, 3.8) is 0 Å². The predicted molar refractivity (Wildman–Crippen MR) is 96.5 cm³/mol. The molecule has 0 aliphatic carbocycles. The zero-order chi connectivity index (χ0) is 17.9. The highest BCUT2D eigenvalue weighted by Gasteiger charge is 2.26. The average molecular weight is 348 g/mol. The number of aromatic nitrogens is 5. The molecular formula is C19H20N6O. The largest absolute Gasteiger partial charge is 0.337 e. The molecule has 3 aromatic rings. The third kappa shape index (κ3) is 3.33. The maximum absolute atomic E-state index is 12.8. The van der Waals surface area contributed by atoms with E-state index in [2.05, 4.69) is 25.1 Å². The van der Waals surface area contributed by atoms with Crippen LogP contribution >= 0.6 is 0 Å². The summed E-state index contributed by atoms with van der Waals surface area (Å²) in [5, 5.41) is 7.10.